The van der Waals surface area contributed by atoms with Gasteiger partial charge in [0.25, 0.3) is 5.91 Å². The topological polar surface area (TPSA) is 68.6 Å². The molecule has 1 heterocycles. The number of nitrogens with zero attached hydrogens (tertiary/aromatic N) is 3. The lowest BCUT2D eigenvalue weighted by atomic mass is 10.3. The minimum Gasteiger partial charge on any atom is -0.497 e. The number of aromatic nitrogens is 2. The van der Waals surface area contributed by atoms with Crippen molar-refractivity contribution < 1.29 is 14.3 Å². The molecule has 130 valence electrons. The van der Waals surface area contributed by atoms with Crippen LogP contribution in [0.25, 0.3) is 0 Å². The zero-order valence-electron chi connectivity index (χ0n) is 14.4. The van der Waals surface area contributed by atoms with E-state index in [4.69, 9.17) is 9.47 Å². The highest BCUT2D eigenvalue weighted by Gasteiger charge is 2.09. The van der Waals surface area contributed by atoms with E-state index in [1.165, 1.54) is 0 Å². The van der Waals surface area contributed by atoms with Gasteiger partial charge in [0, 0.05) is 12.7 Å². The third kappa shape index (κ3) is 5.58. The van der Waals surface area contributed by atoms with Crippen molar-refractivity contribution in [2.45, 2.75) is 13.2 Å². The summed E-state index contributed by atoms with van der Waals surface area (Å²) in [4.78, 5) is 14.1. The van der Waals surface area contributed by atoms with Gasteiger partial charge < -0.3 is 19.7 Å². The fourth-order valence-corrected chi connectivity index (χ4v) is 2.06. The van der Waals surface area contributed by atoms with E-state index in [0.29, 0.717) is 18.0 Å². The molecule has 0 radical (unpaired) electrons. The summed E-state index contributed by atoms with van der Waals surface area (Å²) in [6.45, 7) is 1.80. The zero-order chi connectivity index (χ0) is 17.4. The maximum atomic E-state index is 12.0. The number of hydrogen-bond acceptors (Lipinski definition) is 5. The van der Waals surface area contributed by atoms with Gasteiger partial charge in [-0.15, -0.1) is 0 Å². The molecule has 0 saturated carbocycles. The molecule has 2 rings (SSSR count). The second-order valence-electron chi connectivity index (χ2n) is 5.60. The van der Waals surface area contributed by atoms with E-state index in [9.17, 15) is 4.79 Å². The van der Waals surface area contributed by atoms with E-state index >= 15 is 0 Å². The molecule has 7 heteroatoms. The second-order valence-corrected chi connectivity index (χ2v) is 5.60. The summed E-state index contributed by atoms with van der Waals surface area (Å²) in [5.74, 6) is 1.31. The number of ether oxygens (including phenoxy) is 2. The predicted molar refractivity (Wildman–Crippen MR) is 91.4 cm³/mol. The van der Waals surface area contributed by atoms with Crippen LogP contribution in [0.5, 0.6) is 11.5 Å². The first-order valence-corrected chi connectivity index (χ1v) is 7.81. The van der Waals surface area contributed by atoms with Gasteiger partial charge in [-0.25, -0.2) is 4.68 Å². The van der Waals surface area contributed by atoms with Crippen molar-refractivity contribution >= 4 is 5.91 Å². The quantitative estimate of drug-likeness (QED) is 0.707. The molecule has 0 fully saturated rings. The van der Waals surface area contributed by atoms with Crippen LogP contribution in [0.2, 0.25) is 0 Å². The normalized spacial score (nSPS) is 10.7. The van der Waals surface area contributed by atoms with Crippen molar-refractivity contribution in [2.24, 2.45) is 0 Å². The number of hydrogen-bond donors (Lipinski definition) is 1. The highest BCUT2D eigenvalue weighted by atomic mass is 16.5. The molecule has 0 unspecified atom stereocenters. The summed E-state index contributed by atoms with van der Waals surface area (Å²) >= 11 is 0. The fourth-order valence-electron chi connectivity index (χ4n) is 2.06. The number of nitrogens with one attached hydrogen (secondary N) is 1. The molecule has 0 aliphatic carbocycles. The Labute approximate surface area is 142 Å². The van der Waals surface area contributed by atoms with Crippen LogP contribution in [0.1, 0.15) is 16.9 Å². The number of methoxy groups -OCH3 is 1. The minimum atomic E-state index is -0.169. The summed E-state index contributed by atoms with van der Waals surface area (Å²) in [5.41, 5.74) is 0.387. The van der Waals surface area contributed by atoms with Gasteiger partial charge in [-0.3, -0.25) is 4.79 Å². The van der Waals surface area contributed by atoms with E-state index in [1.54, 1.807) is 24.1 Å². The van der Waals surface area contributed by atoms with Crippen LogP contribution < -0.4 is 14.8 Å². The van der Waals surface area contributed by atoms with Gasteiger partial charge in [0.2, 0.25) is 0 Å². The number of rotatable bonds is 9. The van der Waals surface area contributed by atoms with Crippen molar-refractivity contribution in [3.8, 4) is 11.5 Å². The van der Waals surface area contributed by atoms with Crippen molar-refractivity contribution in [1.29, 1.82) is 0 Å². The molecule has 0 bridgehead atoms. The van der Waals surface area contributed by atoms with Crippen molar-refractivity contribution in [1.82, 2.24) is 20.0 Å². The third-order valence-electron chi connectivity index (χ3n) is 3.36. The standard InChI is InChI=1S/C17H24N4O3/c1-20(2)11-4-10-18-17(22)16-9-12-21(19-16)13-24-15-7-5-14(23-3)6-8-15/h5-9,12H,4,10-11,13H2,1-3H3,(H,18,22). The molecular formula is C17H24N4O3. The minimum absolute atomic E-state index is 0.169. The van der Waals surface area contributed by atoms with Crippen molar-refractivity contribution in [2.75, 3.05) is 34.3 Å². The van der Waals surface area contributed by atoms with Crippen LogP contribution >= 0.6 is 0 Å². The van der Waals surface area contributed by atoms with E-state index < -0.39 is 0 Å². The lowest BCUT2D eigenvalue weighted by Gasteiger charge is -2.09. The van der Waals surface area contributed by atoms with Gasteiger partial charge in [-0.1, -0.05) is 0 Å². The molecule has 1 amide bonds. The fraction of sp³-hybridized carbons (Fsp3) is 0.412. The lowest BCUT2D eigenvalue weighted by Crippen LogP contribution is -2.27. The van der Waals surface area contributed by atoms with Gasteiger partial charge in [0.15, 0.2) is 6.73 Å². The molecule has 1 aromatic carbocycles. The maximum absolute atomic E-state index is 12.0. The van der Waals surface area contributed by atoms with Crippen LogP contribution in [0.4, 0.5) is 0 Å². The van der Waals surface area contributed by atoms with Gasteiger partial charge in [-0.2, -0.15) is 5.10 Å². The summed E-state index contributed by atoms with van der Waals surface area (Å²) in [7, 11) is 5.63. The highest BCUT2D eigenvalue weighted by Crippen LogP contribution is 2.17. The van der Waals surface area contributed by atoms with Crippen molar-refractivity contribution in [3.63, 3.8) is 0 Å². The van der Waals surface area contributed by atoms with E-state index in [-0.39, 0.29) is 12.6 Å². The molecule has 0 aliphatic heterocycles. The Morgan fingerprint density at radius 1 is 1.21 bits per heavy atom. The molecule has 1 N–H and O–H groups in total. The Bertz CT molecular complexity index is 638. The molecule has 7 nitrogen and oxygen atoms in total. The number of benzene rings is 1. The number of amides is 1. The van der Waals surface area contributed by atoms with E-state index in [1.807, 2.05) is 38.4 Å². The Balaban J connectivity index is 1.78. The van der Waals surface area contributed by atoms with Gasteiger partial charge in [-0.05, 0) is 57.4 Å². The average molecular weight is 332 g/mol. The molecule has 0 aliphatic rings. The smallest absolute Gasteiger partial charge is 0.271 e. The van der Waals surface area contributed by atoms with Gasteiger partial charge in [0.05, 0.1) is 7.11 Å². The second kappa shape index (κ2) is 8.93. The van der Waals surface area contributed by atoms with E-state index in [0.717, 1.165) is 18.7 Å². The lowest BCUT2D eigenvalue weighted by molar-refractivity contribution is 0.0945. The molecule has 2 aromatic rings. The molecule has 1 aromatic heterocycles. The first kappa shape index (κ1) is 17.8. The van der Waals surface area contributed by atoms with Gasteiger partial charge in [0.1, 0.15) is 17.2 Å². The summed E-state index contributed by atoms with van der Waals surface area (Å²) in [6.07, 6.45) is 2.62. The third-order valence-corrected chi connectivity index (χ3v) is 3.36. The molecule has 0 spiro atoms. The Morgan fingerprint density at radius 2 is 1.92 bits per heavy atom. The van der Waals surface area contributed by atoms with Crippen LogP contribution in [0.3, 0.4) is 0 Å². The molecule has 0 saturated heterocycles. The average Bonchev–Trinajstić information content (AvgIpc) is 3.06. The first-order valence-electron chi connectivity index (χ1n) is 7.81. The Kier molecular flexibility index (Phi) is 6.62. The predicted octanol–water partition coefficient (Wildman–Crippen LogP) is 1.61. The summed E-state index contributed by atoms with van der Waals surface area (Å²) < 4.78 is 12.3. The first-order chi connectivity index (χ1) is 11.6. The Hall–Kier alpha value is -2.54. The van der Waals surface area contributed by atoms with Crippen molar-refractivity contribution in [3.05, 3.63) is 42.2 Å². The SMILES string of the molecule is COc1ccc(OCn2ccc(C(=O)NCCCN(C)C)n2)cc1. The number of carbonyl (C=O) groups is 1. The van der Waals surface area contributed by atoms with Crippen LogP contribution in [-0.4, -0.2) is 54.9 Å². The van der Waals surface area contributed by atoms with Crippen LogP contribution in [0, 0.1) is 0 Å². The molecular weight excluding hydrogens is 308 g/mol. The summed E-state index contributed by atoms with van der Waals surface area (Å²) in [6, 6.07) is 8.97. The van der Waals surface area contributed by atoms with Gasteiger partial charge >= 0.3 is 0 Å². The number of carbonyl (C=O) groups excluding carboxylic acids is 1. The van der Waals surface area contributed by atoms with Crippen LogP contribution in [0.15, 0.2) is 36.5 Å². The highest BCUT2D eigenvalue weighted by molar-refractivity contribution is 5.92. The zero-order valence-corrected chi connectivity index (χ0v) is 14.4. The molecule has 24 heavy (non-hydrogen) atoms. The molecule has 0 atom stereocenters. The largest absolute Gasteiger partial charge is 0.497 e. The summed E-state index contributed by atoms with van der Waals surface area (Å²) in [5, 5.41) is 7.08. The monoisotopic (exact) mass is 332 g/mol. The van der Waals surface area contributed by atoms with E-state index in [2.05, 4.69) is 15.3 Å². The van der Waals surface area contributed by atoms with Crippen LogP contribution in [-0.2, 0) is 6.73 Å². The Morgan fingerprint density at radius 3 is 2.58 bits per heavy atom. The maximum Gasteiger partial charge on any atom is 0.271 e.